The maximum atomic E-state index is 10.9. The first-order chi connectivity index (χ1) is 9.21. The summed E-state index contributed by atoms with van der Waals surface area (Å²) in [5.41, 5.74) is 1.72. The van der Waals surface area contributed by atoms with Gasteiger partial charge in [0.2, 0.25) is 0 Å². The second-order valence-electron chi connectivity index (χ2n) is 3.93. The Labute approximate surface area is 111 Å². The summed E-state index contributed by atoms with van der Waals surface area (Å²) in [4.78, 5) is 10.9. The van der Waals surface area contributed by atoms with Gasteiger partial charge in [-0.2, -0.15) is 0 Å². The van der Waals surface area contributed by atoms with Crippen LogP contribution < -0.4 is 9.47 Å². The van der Waals surface area contributed by atoms with E-state index >= 15 is 0 Å². The van der Waals surface area contributed by atoms with Gasteiger partial charge >= 0.3 is 0 Å². The van der Waals surface area contributed by atoms with Crippen LogP contribution in [-0.4, -0.2) is 25.6 Å². The molecule has 0 aromatic heterocycles. The van der Waals surface area contributed by atoms with Crippen molar-refractivity contribution in [2.75, 3.05) is 14.2 Å². The number of hydrogen-bond donors (Lipinski definition) is 1. The van der Waals surface area contributed by atoms with E-state index in [1.807, 2.05) is 18.2 Å². The lowest BCUT2D eigenvalue weighted by Crippen LogP contribution is -1.93. The van der Waals surface area contributed by atoms with Crippen LogP contribution in [-0.2, 0) is 0 Å². The SMILES string of the molecule is COc1cccc(OC)c1-c1ccc(O)c(C=O)c1. The third-order valence-corrected chi connectivity index (χ3v) is 2.87. The maximum Gasteiger partial charge on any atom is 0.153 e. The van der Waals surface area contributed by atoms with Gasteiger partial charge in [-0.15, -0.1) is 0 Å². The van der Waals surface area contributed by atoms with E-state index in [1.54, 1.807) is 26.4 Å². The molecule has 0 radical (unpaired) electrons. The third kappa shape index (κ3) is 2.38. The molecule has 0 unspecified atom stereocenters. The zero-order valence-corrected chi connectivity index (χ0v) is 10.7. The lowest BCUT2D eigenvalue weighted by Gasteiger charge is -2.13. The minimum atomic E-state index is -0.0485. The van der Waals surface area contributed by atoms with Gasteiger partial charge in [-0.3, -0.25) is 4.79 Å². The number of ether oxygens (including phenoxy) is 2. The van der Waals surface area contributed by atoms with Crippen molar-refractivity contribution >= 4 is 6.29 Å². The summed E-state index contributed by atoms with van der Waals surface area (Å²) in [5.74, 6) is 1.23. The molecule has 0 aliphatic heterocycles. The van der Waals surface area contributed by atoms with Crippen LogP contribution >= 0.6 is 0 Å². The Morgan fingerprint density at radius 3 is 2.21 bits per heavy atom. The molecule has 0 spiro atoms. The molecule has 0 fully saturated rings. The summed E-state index contributed by atoms with van der Waals surface area (Å²) in [6.45, 7) is 0. The Morgan fingerprint density at radius 1 is 1.05 bits per heavy atom. The first-order valence-corrected chi connectivity index (χ1v) is 5.70. The average Bonchev–Trinajstić information content (AvgIpc) is 2.47. The van der Waals surface area contributed by atoms with Gasteiger partial charge in [0, 0.05) is 0 Å². The number of aldehydes is 1. The van der Waals surface area contributed by atoms with Gasteiger partial charge in [0.15, 0.2) is 6.29 Å². The molecule has 1 N–H and O–H groups in total. The Morgan fingerprint density at radius 2 is 1.68 bits per heavy atom. The van der Waals surface area contributed by atoms with Gasteiger partial charge in [0.1, 0.15) is 17.2 Å². The summed E-state index contributed by atoms with van der Waals surface area (Å²) >= 11 is 0. The number of phenolic OH excluding ortho intramolecular Hbond substituents is 1. The van der Waals surface area contributed by atoms with Crippen molar-refractivity contribution in [2.45, 2.75) is 0 Å². The fourth-order valence-corrected chi connectivity index (χ4v) is 1.94. The fraction of sp³-hybridized carbons (Fsp3) is 0.133. The minimum absolute atomic E-state index is 0.0485. The van der Waals surface area contributed by atoms with Crippen molar-refractivity contribution in [3.8, 4) is 28.4 Å². The molecule has 0 saturated carbocycles. The summed E-state index contributed by atoms with van der Waals surface area (Å²) < 4.78 is 10.6. The number of carbonyl (C=O) groups is 1. The van der Waals surface area contributed by atoms with Crippen molar-refractivity contribution < 1.29 is 19.4 Å². The summed E-state index contributed by atoms with van der Waals surface area (Å²) in [6, 6.07) is 10.2. The molecule has 2 aromatic rings. The molecule has 2 aromatic carbocycles. The Hall–Kier alpha value is -2.49. The molecule has 98 valence electrons. The zero-order valence-electron chi connectivity index (χ0n) is 10.7. The van der Waals surface area contributed by atoms with E-state index in [1.165, 1.54) is 6.07 Å². The van der Waals surface area contributed by atoms with Gasteiger partial charge in [-0.25, -0.2) is 0 Å². The predicted octanol–water partition coefficient (Wildman–Crippen LogP) is 2.89. The number of aromatic hydroxyl groups is 1. The molecular formula is C15H14O4. The zero-order chi connectivity index (χ0) is 13.8. The number of phenols is 1. The topological polar surface area (TPSA) is 55.8 Å². The number of carbonyl (C=O) groups excluding carboxylic acids is 1. The fourth-order valence-electron chi connectivity index (χ4n) is 1.94. The third-order valence-electron chi connectivity index (χ3n) is 2.87. The van der Waals surface area contributed by atoms with Crippen LogP contribution in [0.1, 0.15) is 10.4 Å². The maximum absolute atomic E-state index is 10.9. The van der Waals surface area contributed by atoms with Gasteiger partial charge in [-0.05, 0) is 29.8 Å². The van der Waals surface area contributed by atoms with Gasteiger partial charge in [-0.1, -0.05) is 12.1 Å². The largest absolute Gasteiger partial charge is 0.507 e. The van der Waals surface area contributed by atoms with Crippen molar-refractivity contribution in [3.05, 3.63) is 42.0 Å². The lowest BCUT2D eigenvalue weighted by molar-refractivity contribution is 0.112. The first-order valence-electron chi connectivity index (χ1n) is 5.70. The van der Waals surface area contributed by atoms with Gasteiger partial charge < -0.3 is 14.6 Å². The van der Waals surface area contributed by atoms with Crippen molar-refractivity contribution in [3.63, 3.8) is 0 Å². The molecule has 0 atom stereocenters. The van der Waals surface area contributed by atoms with Crippen molar-refractivity contribution in [1.29, 1.82) is 0 Å². The second-order valence-corrected chi connectivity index (χ2v) is 3.93. The lowest BCUT2D eigenvalue weighted by atomic mass is 10.0. The molecule has 2 rings (SSSR count). The molecule has 0 bridgehead atoms. The van der Waals surface area contributed by atoms with E-state index in [0.29, 0.717) is 17.8 Å². The van der Waals surface area contributed by atoms with Gasteiger partial charge in [0.25, 0.3) is 0 Å². The van der Waals surface area contributed by atoms with E-state index in [2.05, 4.69) is 0 Å². The van der Waals surface area contributed by atoms with E-state index in [4.69, 9.17) is 9.47 Å². The van der Waals surface area contributed by atoms with Crippen LogP contribution in [0.3, 0.4) is 0 Å². The standard InChI is InChI=1S/C15H14O4/c1-18-13-4-3-5-14(19-2)15(13)10-6-7-12(17)11(8-10)9-16/h3-9,17H,1-2H3. The molecule has 0 aliphatic rings. The highest BCUT2D eigenvalue weighted by Crippen LogP contribution is 2.39. The monoisotopic (exact) mass is 258 g/mol. The van der Waals surface area contributed by atoms with Crippen LogP contribution in [0.25, 0.3) is 11.1 Å². The van der Waals surface area contributed by atoms with Crippen LogP contribution in [0.15, 0.2) is 36.4 Å². The molecule has 0 amide bonds. The molecule has 0 saturated heterocycles. The molecule has 0 aliphatic carbocycles. The summed E-state index contributed by atoms with van der Waals surface area (Å²) in [6.07, 6.45) is 0.612. The highest BCUT2D eigenvalue weighted by Gasteiger charge is 2.13. The van der Waals surface area contributed by atoms with E-state index in [-0.39, 0.29) is 11.3 Å². The normalized spacial score (nSPS) is 10.0. The van der Waals surface area contributed by atoms with Crippen LogP contribution in [0.2, 0.25) is 0 Å². The average molecular weight is 258 g/mol. The highest BCUT2D eigenvalue weighted by molar-refractivity contribution is 5.85. The predicted molar refractivity (Wildman–Crippen MR) is 72.0 cm³/mol. The Kier molecular flexibility index (Phi) is 3.71. The molecule has 4 nitrogen and oxygen atoms in total. The highest BCUT2D eigenvalue weighted by atomic mass is 16.5. The first kappa shape index (κ1) is 13.0. The van der Waals surface area contributed by atoms with Crippen LogP contribution in [0, 0.1) is 0 Å². The number of methoxy groups -OCH3 is 2. The van der Waals surface area contributed by atoms with Crippen molar-refractivity contribution in [2.24, 2.45) is 0 Å². The van der Waals surface area contributed by atoms with E-state index in [9.17, 15) is 9.90 Å². The Bertz CT molecular complexity index is 583. The van der Waals surface area contributed by atoms with E-state index < -0.39 is 0 Å². The Balaban J connectivity index is 2.66. The molecular weight excluding hydrogens is 244 g/mol. The quantitative estimate of drug-likeness (QED) is 0.857. The molecule has 19 heavy (non-hydrogen) atoms. The van der Waals surface area contributed by atoms with Crippen molar-refractivity contribution in [1.82, 2.24) is 0 Å². The van der Waals surface area contributed by atoms with Gasteiger partial charge in [0.05, 0.1) is 25.3 Å². The van der Waals surface area contributed by atoms with E-state index in [0.717, 1.165) is 11.1 Å². The number of rotatable bonds is 4. The van der Waals surface area contributed by atoms with Crippen LogP contribution in [0.4, 0.5) is 0 Å². The second kappa shape index (κ2) is 5.44. The summed E-state index contributed by atoms with van der Waals surface area (Å²) in [5, 5.41) is 9.54. The molecule has 4 heteroatoms. The number of hydrogen-bond acceptors (Lipinski definition) is 4. The smallest absolute Gasteiger partial charge is 0.153 e. The number of benzene rings is 2. The van der Waals surface area contributed by atoms with Crippen LogP contribution in [0.5, 0.6) is 17.2 Å². The molecule has 0 heterocycles. The summed E-state index contributed by atoms with van der Waals surface area (Å²) in [7, 11) is 3.14. The minimum Gasteiger partial charge on any atom is -0.507 e.